The van der Waals surface area contributed by atoms with Crippen LogP contribution < -0.4 is 0 Å². The molecule has 4 aromatic rings. The predicted molar refractivity (Wildman–Crippen MR) is 116 cm³/mol. The van der Waals surface area contributed by atoms with Crippen molar-refractivity contribution in [2.75, 3.05) is 0 Å². The van der Waals surface area contributed by atoms with E-state index in [1.807, 2.05) is 48.5 Å². The summed E-state index contributed by atoms with van der Waals surface area (Å²) in [5, 5.41) is 5.95. The normalized spacial score (nSPS) is 19.6. The summed E-state index contributed by atoms with van der Waals surface area (Å²) in [4.78, 5) is 13.8. The highest BCUT2D eigenvalue weighted by Gasteiger charge is 2.38. The van der Waals surface area contributed by atoms with E-state index in [9.17, 15) is 4.79 Å². The maximum Gasteiger partial charge on any atom is 0.148 e. The van der Waals surface area contributed by atoms with Crippen LogP contribution in [-0.4, -0.2) is 5.78 Å². The van der Waals surface area contributed by atoms with Gasteiger partial charge in [0.05, 0.1) is 0 Å². The molecule has 0 aliphatic heterocycles. The van der Waals surface area contributed by atoms with Gasteiger partial charge in [-0.1, -0.05) is 71.7 Å². The fourth-order valence-electron chi connectivity index (χ4n) is 5.28. The lowest BCUT2D eigenvalue weighted by Crippen LogP contribution is -2.20. The van der Waals surface area contributed by atoms with Crippen LogP contribution in [0.15, 0.2) is 60.7 Å². The van der Waals surface area contributed by atoms with Gasteiger partial charge in [-0.15, -0.1) is 0 Å². The van der Waals surface area contributed by atoms with Crippen molar-refractivity contribution in [3.8, 4) is 0 Å². The van der Waals surface area contributed by atoms with E-state index < -0.39 is 0 Å². The largest absolute Gasteiger partial charge is 0.298 e. The summed E-state index contributed by atoms with van der Waals surface area (Å²) < 4.78 is 0. The minimum absolute atomic E-state index is 0.109. The Bertz CT molecular complexity index is 1220. The molecule has 28 heavy (non-hydrogen) atoms. The number of halogens is 2. The maximum absolute atomic E-state index is 13.8. The van der Waals surface area contributed by atoms with E-state index in [2.05, 4.69) is 12.1 Å². The zero-order valence-corrected chi connectivity index (χ0v) is 16.5. The average Bonchev–Trinajstić information content (AvgIpc) is 3.28. The lowest BCUT2D eigenvalue weighted by atomic mass is 9.84. The third-order valence-corrected chi connectivity index (χ3v) is 7.16. The van der Waals surface area contributed by atoms with Gasteiger partial charge in [0.1, 0.15) is 5.78 Å². The Labute approximate surface area is 172 Å². The first-order valence-corrected chi connectivity index (χ1v) is 10.3. The zero-order chi connectivity index (χ0) is 19.0. The number of hydrogen-bond acceptors (Lipinski definition) is 1. The third kappa shape index (κ3) is 2.12. The van der Waals surface area contributed by atoms with Crippen LogP contribution in [0.2, 0.25) is 10.0 Å². The third-order valence-electron chi connectivity index (χ3n) is 6.50. The Balaban J connectivity index is 1.48. The van der Waals surface area contributed by atoms with Crippen molar-refractivity contribution in [1.29, 1.82) is 0 Å². The van der Waals surface area contributed by atoms with Crippen molar-refractivity contribution >= 4 is 50.5 Å². The Morgan fingerprint density at radius 2 is 1.14 bits per heavy atom. The molecule has 136 valence electrons. The van der Waals surface area contributed by atoms with Gasteiger partial charge in [-0.3, -0.25) is 4.79 Å². The van der Waals surface area contributed by atoms with Gasteiger partial charge >= 0.3 is 0 Å². The molecule has 0 fully saturated rings. The monoisotopic (exact) mass is 402 g/mol. The highest BCUT2D eigenvalue weighted by molar-refractivity contribution is 6.36. The van der Waals surface area contributed by atoms with E-state index in [0.29, 0.717) is 5.78 Å². The highest BCUT2D eigenvalue weighted by Crippen LogP contribution is 2.47. The molecule has 2 unspecified atom stereocenters. The fraction of sp³-hybridized carbons (Fsp3) is 0.160. The summed E-state index contributed by atoms with van der Waals surface area (Å²) in [6.45, 7) is 0. The summed E-state index contributed by atoms with van der Waals surface area (Å²) in [5.74, 6) is 0.0871. The Hall–Kier alpha value is -2.35. The summed E-state index contributed by atoms with van der Waals surface area (Å²) in [7, 11) is 0. The molecular formula is C25H16Cl2O. The van der Waals surface area contributed by atoms with E-state index in [4.69, 9.17) is 23.2 Å². The Kier molecular flexibility index (Phi) is 3.45. The summed E-state index contributed by atoms with van der Waals surface area (Å²) in [5.41, 5.74) is 4.71. The SMILES string of the molecule is O=C(C1Cc2cccc3c(Cl)ccc1c23)C1Cc2cccc3c(Cl)ccc1c23. The van der Waals surface area contributed by atoms with E-state index in [1.165, 1.54) is 21.9 Å². The molecule has 2 aliphatic carbocycles. The molecule has 0 spiro atoms. The van der Waals surface area contributed by atoms with E-state index >= 15 is 0 Å². The fourth-order valence-corrected chi connectivity index (χ4v) is 5.72. The molecule has 1 nitrogen and oxygen atoms in total. The van der Waals surface area contributed by atoms with Crippen LogP contribution in [0.1, 0.15) is 34.1 Å². The van der Waals surface area contributed by atoms with Crippen molar-refractivity contribution < 1.29 is 4.79 Å². The van der Waals surface area contributed by atoms with Gasteiger partial charge in [0.15, 0.2) is 0 Å². The van der Waals surface area contributed by atoms with Gasteiger partial charge in [0, 0.05) is 32.7 Å². The molecule has 0 saturated carbocycles. The van der Waals surface area contributed by atoms with Crippen LogP contribution >= 0.6 is 23.2 Å². The smallest absolute Gasteiger partial charge is 0.148 e. The number of carbonyl (C=O) groups excluding carboxylic acids is 1. The molecule has 2 aliphatic rings. The number of rotatable bonds is 2. The molecule has 0 heterocycles. The molecule has 4 aromatic carbocycles. The van der Waals surface area contributed by atoms with Crippen LogP contribution in [0, 0.1) is 0 Å². The van der Waals surface area contributed by atoms with Crippen molar-refractivity contribution in [1.82, 2.24) is 0 Å². The second-order valence-electron chi connectivity index (χ2n) is 7.87. The van der Waals surface area contributed by atoms with Crippen molar-refractivity contribution in [3.63, 3.8) is 0 Å². The molecule has 0 radical (unpaired) electrons. The van der Waals surface area contributed by atoms with Crippen LogP contribution in [-0.2, 0) is 17.6 Å². The minimum Gasteiger partial charge on any atom is -0.298 e. The molecule has 0 amide bonds. The van der Waals surface area contributed by atoms with Gasteiger partial charge in [-0.05, 0) is 58.0 Å². The summed E-state index contributed by atoms with van der Waals surface area (Å²) in [6, 6.07) is 20.4. The second-order valence-corrected chi connectivity index (χ2v) is 8.68. The van der Waals surface area contributed by atoms with Crippen molar-refractivity contribution in [2.24, 2.45) is 0 Å². The van der Waals surface area contributed by atoms with E-state index in [-0.39, 0.29) is 11.8 Å². The maximum atomic E-state index is 13.8. The van der Waals surface area contributed by atoms with Crippen LogP contribution in [0.4, 0.5) is 0 Å². The number of hydrogen-bond donors (Lipinski definition) is 0. The molecule has 0 saturated heterocycles. The topological polar surface area (TPSA) is 17.1 Å². The van der Waals surface area contributed by atoms with Gasteiger partial charge in [-0.25, -0.2) is 0 Å². The number of carbonyl (C=O) groups is 1. The molecule has 6 rings (SSSR count). The van der Waals surface area contributed by atoms with Crippen LogP contribution in [0.5, 0.6) is 0 Å². The molecule has 0 aromatic heterocycles. The minimum atomic E-state index is -0.109. The van der Waals surface area contributed by atoms with E-state index in [0.717, 1.165) is 44.8 Å². The number of ketones is 1. The molecule has 3 heteroatoms. The van der Waals surface area contributed by atoms with Crippen molar-refractivity contribution in [2.45, 2.75) is 24.7 Å². The second kappa shape index (κ2) is 5.83. The number of Topliss-reactive ketones (excluding diaryl/α,β-unsaturated/α-hetero) is 1. The van der Waals surface area contributed by atoms with Gasteiger partial charge in [0.25, 0.3) is 0 Å². The average molecular weight is 403 g/mol. The van der Waals surface area contributed by atoms with Gasteiger partial charge < -0.3 is 0 Å². The first-order chi connectivity index (χ1) is 13.6. The molecule has 2 atom stereocenters. The van der Waals surface area contributed by atoms with Crippen LogP contribution in [0.25, 0.3) is 21.5 Å². The molecular weight excluding hydrogens is 387 g/mol. The predicted octanol–water partition coefficient (Wildman–Crippen LogP) is 6.85. The first-order valence-electron chi connectivity index (χ1n) is 9.57. The van der Waals surface area contributed by atoms with E-state index in [1.54, 1.807) is 0 Å². The van der Waals surface area contributed by atoms with Crippen molar-refractivity contribution in [3.05, 3.63) is 93.0 Å². The lowest BCUT2D eigenvalue weighted by Gasteiger charge is -2.17. The van der Waals surface area contributed by atoms with Gasteiger partial charge in [-0.2, -0.15) is 0 Å². The first kappa shape index (κ1) is 16.6. The molecule has 0 bridgehead atoms. The van der Waals surface area contributed by atoms with Crippen LogP contribution in [0.3, 0.4) is 0 Å². The zero-order valence-electron chi connectivity index (χ0n) is 15.0. The molecule has 0 N–H and O–H groups in total. The number of benzene rings is 4. The summed E-state index contributed by atoms with van der Waals surface area (Å²) in [6.07, 6.45) is 1.52. The Morgan fingerprint density at radius 1 is 0.679 bits per heavy atom. The highest BCUT2D eigenvalue weighted by atomic mass is 35.5. The summed E-state index contributed by atoms with van der Waals surface area (Å²) >= 11 is 12.8. The standard InChI is InChI=1S/C25H16Cl2O/c26-21-9-7-15-19(11-13-3-1-5-17(21)23(13)15)25(28)20-12-14-4-2-6-18-22(27)10-8-16(20)24(14)18/h1-10,19-20H,11-12H2. The Morgan fingerprint density at radius 3 is 1.61 bits per heavy atom. The van der Waals surface area contributed by atoms with Gasteiger partial charge in [0.2, 0.25) is 0 Å². The quantitative estimate of drug-likeness (QED) is 0.358. The lowest BCUT2D eigenvalue weighted by molar-refractivity contribution is -0.121.